The van der Waals surface area contributed by atoms with E-state index in [0.29, 0.717) is 31.0 Å². The van der Waals surface area contributed by atoms with Crippen LogP contribution in [0, 0.1) is 0 Å². The number of carbonyl (C=O) groups excluding carboxylic acids is 1. The smallest absolute Gasteiger partial charge is 0.257 e. The second-order valence-electron chi connectivity index (χ2n) is 7.15. The normalized spacial score (nSPS) is 13.5. The molecule has 3 aromatic heterocycles. The molecule has 0 atom stereocenters. The van der Waals surface area contributed by atoms with Crippen molar-refractivity contribution in [1.82, 2.24) is 29.4 Å². The van der Waals surface area contributed by atoms with Crippen molar-refractivity contribution in [2.24, 2.45) is 7.05 Å². The van der Waals surface area contributed by atoms with Crippen molar-refractivity contribution >= 4 is 5.91 Å². The van der Waals surface area contributed by atoms with Crippen molar-refractivity contribution < 1.29 is 9.21 Å². The van der Waals surface area contributed by atoms with Gasteiger partial charge in [0.1, 0.15) is 18.3 Å². The van der Waals surface area contributed by atoms with Crippen molar-refractivity contribution in [2.75, 3.05) is 6.54 Å². The van der Waals surface area contributed by atoms with Crippen LogP contribution in [0.15, 0.2) is 59.7 Å². The van der Waals surface area contributed by atoms with E-state index in [-0.39, 0.29) is 5.91 Å². The molecule has 4 aromatic rings. The SMILES string of the molecule is Cn1nc(-c2nncn2Cc2ccccc2)c2c1CCN(C(=O)c1ccoc1)C2. The van der Waals surface area contributed by atoms with Crippen LogP contribution < -0.4 is 0 Å². The van der Waals surface area contributed by atoms with Gasteiger partial charge in [-0.2, -0.15) is 5.10 Å². The van der Waals surface area contributed by atoms with Crippen LogP contribution in [0.5, 0.6) is 0 Å². The highest BCUT2D eigenvalue weighted by Crippen LogP contribution is 2.29. The predicted octanol–water partition coefficient (Wildman–Crippen LogP) is 2.52. The monoisotopic (exact) mass is 388 g/mol. The van der Waals surface area contributed by atoms with Gasteiger partial charge in [0.05, 0.1) is 24.9 Å². The highest BCUT2D eigenvalue weighted by molar-refractivity contribution is 5.94. The van der Waals surface area contributed by atoms with Crippen LogP contribution in [0.25, 0.3) is 11.5 Å². The van der Waals surface area contributed by atoms with Gasteiger partial charge in [0.2, 0.25) is 0 Å². The molecular formula is C21H20N6O2. The topological polar surface area (TPSA) is 82.0 Å². The fourth-order valence-electron chi connectivity index (χ4n) is 3.85. The molecule has 0 aliphatic carbocycles. The van der Waals surface area contributed by atoms with Crippen molar-refractivity contribution in [2.45, 2.75) is 19.5 Å². The third-order valence-electron chi connectivity index (χ3n) is 5.32. The van der Waals surface area contributed by atoms with Gasteiger partial charge in [-0.05, 0) is 11.6 Å². The predicted molar refractivity (Wildman–Crippen MR) is 105 cm³/mol. The van der Waals surface area contributed by atoms with Crippen LogP contribution in [-0.2, 0) is 26.6 Å². The van der Waals surface area contributed by atoms with Gasteiger partial charge in [-0.1, -0.05) is 30.3 Å². The summed E-state index contributed by atoms with van der Waals surface area (Å²) in [6, 6.07) is 11.9. The number of rotatable bonds is 4. The molecule has 146 valence electrons. The summed E-state index contributed by atoms with van der Waals surface area (Å²) in [6.45, 7) is 1.79. The second kappa shape index (κ2) is 7.05. The molecule has 1 amide bonds. The highest BCUT2D eigenvalue weighted by Gasteiger charge is 2.29. The minimum atomic E-state index is -0.0371. The average molecular weight is 388 g/mol. The molecule has 0 saturated carbocycles. The van der Waals surface area contributed by atoms with Gasteiger partial charge >= 0.3 is 0 Å². The molecule has 1 aromatic carbocycles. The maximum absolute atomic E-state index is 12.8. The minimum absolute atomic E-state index is 0.0371. The summed E-state index contributed by atoms with van der Waals surface area (Å²) in [4.78, 5) is 14.6. The maximum atomic E-state index is 12.8. The lowest BCUT2D eigenvalue weighted by molar-refractivity contribution is 0.0733. The van der Waals surface area contributed by atoms with Gasteiger partial charge in [0, 0.05) is 31.3 Å². The third-order valence-corrected chi connectivity index (χ3v) is 5.32. The number of benzene rings is 1. The quantitative estimate of drug-likeness (QED) is 0.537. The molecule has 1 aliphatic heterocycles. The minimum Gasteiger partial charge on any atom is -0.472 e. The molecule has 4 heterocycles. The number of nitrogens with zero attached hydrogens (tertiary/aromatic N) is 6. The first-order valence-electron chi connectivity index (χ1n) is 9.49. The molecule has 29 heavy (non-hydrogen) atoms. The summed E-state index contributed by atoms with van der Waals surface area (Å²) < 4.78 is 8.96. The first kappa shape index (κ1) is 17.4. The van der Waals surface area contributed by atoms with Crippen LogP contribution in [0.4, 0.5) is 0 Å². The lowest BCUT2D eigenvalue weighted by Crippen LogP contribution is -2.36. The van der Waals surface area contributed by atoms with Gasteiger partial charge in [-0.25, -0.2) is 0 Å². The van der Waals surface area contributed by atoms with Crippen LogP contribution in [0.2, 0.25) is 0 Å². The van der Waals surface area contributed by atoms with Crippen LogP contribution >= 0.6 is 0 Å². The third kappa shape index (κ3) is 3.12. The van der Waals surface area contributed by atoms with Crippen molar-refractivity contribution in [3.05, 3.63) is 77.6 Å². The number of amides is 1. The van der Waals surface area contributed by atoms with E-state index in [2.05, 4.69) is 22.3 Å². The summed E-state index contributed by atoms with van der Waals surface area (Å²) in [7, 11) is 1.94. The Morgan fingerprint density at radius 2 is 2.07 bits per heavy atom. The molecule has 0 N–H and O–H groups in total. The van der Waals surface area contributed by atoms with Gasteiger partial charge < -0.3 is 13.9 Å². The van der Waals surface area contributed by atoms with Crippen LogP contribution in [-0.4, -0.2) is 41.9 Å². The standard InChI is InChI=1S/C21H20N6O2/c1-25-18-7-9-26(21(28)16-8-10-29-13-16)12-17(18)19(24-25)20-23-22-14-27(20)11-15-5-3-2-4-6-15/h2-6,8,10,13-14H,7,9,11-12H2,1H3. The molecule has 0 bridgehead atoms. The van der Waals surface area contributed by atoms with E-state index in [1.54, 1.807) is 12.4 Å². The molecule has 5 rings (SSSR count). The van der Waals surface area contributed by atoms with Gasteiger partial charge in [-0.3, -0.25) is 9.48 Å². The van der Waals surface area contributed by atoms with Crippen molar-refractivity contribution in [3.63, 3.8) is 0 Å². The maximum Gasteiger partial charge on any atom is 0.257 e. The largest absolute Gasteiger partial charge is 0.472 e. The molecule has 8 nitrogen and oxygen atoms in total. The van der Waals surface area contributed by atoms with E-state index in [1.807, 2.05) is 39.4 Å². The summed E-state index contributed by atoms with van der Waals surface area (Å²) >= 11 is 0. The van der Waals surface area contributed by atoms with Gasteiger partial charge in [-0.15, -0.1) is 10.2 Å². The lowest BCUT2D eigenvalue weighted by Gasteiger charge is -2.27. The van der Waals surface area contributed by atoms with E-state index in [9.17, 15) is 4.79 Å². The molecule has 0 fully saturated rings. The molecule has 0 saturated heterocycles. The summed E-state index contributed by atoms with van der Waals surface area (Å²) in [5.41, 5.74) is 4.66. The van der Waals surface area contributed by atoms with Crippen molar-refractivity contribution in [1.29, 1.82) is 0 Å². The van der Waals surface area contributed by atoms with E-state index < -0.39 is 0 Å². The number of hydrogen-bond donors (Lipinski definition) is 0. The van der Waals surface area contributed by atoms with E-state index in [4.69, 9.17) is 9.52 Å². The Morgan fingerprint density at radius 1 is 1.21 bits per heavy atom. The fourth-order valence-corrected chi connectivity index (χ4v) is 3.85. The first-order valence-corrected chi connectivity index (χ1v) is 9.49. The zero-order valence-electron chi connectivity index (χ0n) is 16.0. The number of aryl methyl sites for hydroxylation is 1. The summed E-state index contributed by atoms with van der Waals surface area (Å²) in [6.07, 6.45) is 5.47. The van der Waals surface area contributed by atoms with Gasteiger partial charge in [0.15, 0.2) is 5.82 Å². The van der Waals surface area contributed by atoms with Crippen molar-refractivity contribution in [3.8, 4) is 11.5 Å². The Kier molecular flexibility index (Phi) is 4.23. The molecule has 8 heteroatoms. The first-order chi connectivity index (χ1) is 14.2. The number of carbonyl (C=O) groups is 1. The summed E-state index contributed by atoms with van der Waals surface area (Å²) in [5.74, 6) is 0.674. The van der Waals surface area contributed by atoms with Crippen LogP contribution in [0.3, 0.4) is 0 Å². The van der Waals surface area contributed by atoms with E-state index >= 15 is 0 Å². The Morgan fingerprint density at radius 3 is 2.86 bits per heavy atom. The Labute approximate surface area is 167 Å². The van der Waals surface area contributed by atoms with Gasteiger partial charge in [0.25, 0.3) is 5.91 Å². The fraction of sp³-hybridized carbons (Fsp3) is 0.238. The summed E-state index contributed by atoms with van der Waals surface area (Å²) in [5, 5.41) is 13.2. The Hall–Kier alpha value is -3.68. The molecule has 0 spiro atoms. The molecule has 1 aliphatic rings. The Bertz CT molecular complexity index is 1140. The van der Waals surface area contributed by atoms with E-state index in [0.717, 1.165) is 28.9 Å². The van der Waals surface area contributed by atoms with Crippen LogP contribution in [0.1, 0.15) is 27.2 Å². The zero-order chi connectivity index (χ0) is 19.8. The lowest BCUT2D eigenvalue weighted by atomic mass is 10.0. The number of furan rings is 1. The number of fused-ring (bicyclic) bond motifs is 1. The zero-order valence-corrected chi connectivity index (χ0v) is 16.0. The number of hydrogen-bond acceptors (Lipinski definition) is 5. The average Bonchev–Trinajstić information content (AvgIpc) is 3.49. The Balaban J connectivity index is 1.48. The van der Waals surface area contributed by atoms with E-state index in [1.165, 1.54) is 12.5 Å². The molecular weight excluding hydrogens is 368 g/mol. The highest BCUT2D eigenvalue weighted by atomic mass is 16.3. The molecule has 0 radical (unpaired) electrons. The molecule has 0 unspecified atom stereocenters. The number of aromatic nitrogens is 5. The second-order valence-corrected chi connectivity index (χ2v) is 7.15.